The van der Waals surface area contributed by atoms with Gasteiger partial charge in [-0.25, -0.2) is 0 Å². The molecule has 0 fully saturated rings. The summed E-state index contributed by atoms with van der Waals surface area (Å²) in [6.07, 6.45) is 67.6. The molecule has 9 nitrogen and oxygen atoms in total. The van der Waals surface area contributed by atoms with Gasteiger partial charge in [0, 0.05) is 12.8 Å². The number of hydrogen-bond acceptors (Lipinski definition) is 8. The number of esters is 2. The van der Waals surface area contributed by atoms with Crippen molar-refractivity contribution >= 4 is 19.8 Å². The lowest BCUT2D eigenvalue weighted by Crippen LogP contribution is -2.37. The Labute approximate surface area is 431 Å². The molecule has 0 aromatic heterocycles. The third-order valence-corrected chi connectivity index (χ3v) is 12.9. The fraction of sp³-hybridized carbons (Fsp3) is 0.733. The Bertz CT molecular complexity index is 1460. The number of carbonyl (C=O) groups is 2. The Morgan fingerprint density at radius 2 is 0.814 bits per heavy atom. The van der Waals surface area contributed by atoms with E-state index < -0.39 is 26.5 Å². The molecule has 0 radical (unpaired) electrons. The van der Waals surface area contributed by atoms with Gasteiger partial charge < -0.3 is 27.9 Å². The number of carbonyl (C=O) groups excluding carboxylic acids is 2. The summed E-state index contributed by atoms with van der Waals surface area (Å²) in [5, 5.41) is 0. The van der Waals surface area contributed by atoms with E-state index in [4.69, 9.17) is 18.5 Å². The highest BCUT2D eigenvalue weighted by molar-refractivity contribution is 7.45. The zero-order valence-corrected chi connectivity index (χ0v) is 46.6. The molecular formula is C60H106NO8P. The number of phosphoric acid groups is 1. The van der Waals surface area contributed by atoms with Gasteiger partial charge in [-0.1, -0.05) is 214 Å². The van der Waals surface area contributed by atoms with Crippen LogP contribution >= 0.6 is 7.82 Å². The Hall–Kier alpha value is -2.81. The molecule has 0 bridgehead atoms. The highest BCUT2D eigenvalue weighted by atomic mass is 31.2. The molecule has 2 unspecified atom stereocenters. The van der Waals surface area contributed by atoms with Gasteiger partial charge in [-0.15, -0.1) is 0 Å². The van der Waals surface area contributed by atoms with Crippen molar-refractivity contribution in [3.8, 4) is 0 Å². The normalized spacial score (nSPS) is 14.0. The van der Waals surface area contributed by atoms with Crippen LogP contribution in [0.15, 0.2) is 85.1 Å². The number of unbranched alkanes of at least 4 members (excludes halogenated alkanes) is 23. The molecule has 0 N–H and O–H groups in total. The first kappa shape index (κ1) is 67.2. The summed E-state index contributed by atoms with van der Waals surface area (Å²) in [6.45, 7) is 4.11. The Morgan fingerprint density at radius 1 is 0.457 bits per heavy atom. The summed E-state index contributed by atoms with van der Waals surface area (Å²) in [5.41, 5.74) is 0. The number of nitrogens with zero attached hydrogens (tertiary/aromatic N) is 1. The van der Waals surface area contributed by atoms with Crippen LogP contribution in [0.1, 0.15) is 232 Å². The number of quaternary nitrogens is 1. The molecule has 404 valence electrons. The lowest BCUT2D eigenvalue weighted by atomic mass is 10.0. The molecule has 0 aromatic carbocycles. The first-order valence-corrected chi connectivity index (χ1v) is 29.8. The van der Waals surface area contributed by atoms with Gasteiger partial charge in [0.15, 0.2) is 6.10 Å². The Balaban J connectivity index is 4.19. The second kappa shape index (κ2) is 51.1. The maximum Gasteiger partial charge on any atom is 0.306 e. The molecule has 0 aliphatic rings. The second-order valence-corrected chi connectivity index (χ2v) is 21.3. The summed E-state index contributed by atoms with van der Waals surface area (Å²) in [4.78, 5) is 37.8. The van der Waals surface area contributed by atoms with Gasteiger partial charge in [0.05, 0.1) is 27.7 Å². The van der Waals surface area contributed by atoms with Gasteiger partial charge in [0.25, 0.3) is 7.82 Å². The van der Waals surface area contributed by atoms with E-state index in [1.54, 1.807) is 0 Å². The van der Waals surface area contributed by atoms with Crippen LogP contribution in [-0.4, -0.2) is 70.0 Å². The molecule has 0 heterocycles. The second-order valence-electron chi connectivity index (χ2n) is 19.9. The topological polar surface area (TPSA) is 111 Å². The van der Waals surface area contributed by atoms with Crippen LogP contribution in [0.3, 0.4) is 0 Å². The van der Waals surface area contributed by atoms with E-state index in [0.717, 1.165) is 96.3 Å². The lowest BCUT2D eigenvalue weighted by Gasteiger charge is -2.28. The molecule has 10 heteroatoms. The Morgan fingerprint density at radius 3 is 1.23 bits per heavy atom. The zero-order chi connectivity index (χ0) is 51.3. The Kier molecular flexibility index (Phi) is 49.1. The SMILES string of the molecule is CC/C=C\C/C=C\C/C=C\C/C=C\C/C=C\C/C=C\CCCCCCCCCCCCC(=O)OC(COC(=O)CCCCCCCCC/C=C\CCCCCCCC)COP(=O)([O-])OCC[N+](C)(C)C. The number of ether oxygens (including phenoxy) is 2. The molecule has 0 aromatic rings. The minimum atomic E-state index is -4.64. The summed E-state index contributed by atoms with van der Waals surface area (Å²) >= 11 is 0. The van der Waals surface area contributed by atoms with Crippen molar-refractivity contribution in [1.82, 2.24) is 0 Å². The van der Waals surface area contributed by atoms with Crippen LogP contribution in [0.4, 0.5) is 0 Å². The maximum atomic E-state index is 12.8. The molecule has 0 aliphatic carbocycles. The van der Waals surface area contributed by atoms with E-state index in [1.165, 1.54) is 103 Å². The highest BCUT2D eigenvalue weighted by Crippen LogP contribution is 2.38. The standard InChI is InChI=1S/C60H106NO8P/c1-6-8-10-12-14-16-18-20-22-24-25-26-27-28-29-30-31-32-33-34-35-37-39-41-43-45-47-49-51-53-60(63)69-58(57-68-70(64,65)67-55-54-61(3,4)5)56-66-59(62)52-50-48-46-44-42-40-38-36-23-21-19-17-15-13-11-9-7-2/h8,10,14,16,20-23,25-26,28-29,31-32,58H,6-7,9,11-13,15,17-19,24,27,30,33-57H2,1-5H3/b10-8-,16-14-,22-20-,23-21-,26-25-,29-28-,32-31-. The number of likely N-dealkylation sites (N-methyl/N-ethyl adjacent to an activating group) is 1. The van der Waals surface area contributed by atoms with Crippen LogP contribution in [0.5, 0.6) is 0 Å². The van der Waals surface area contributed by atoms with Crippen molar-refractivity contribution in [3.63, 3.8) is 0 Å². The van der Waals surface area contributed by atoms with Gasteiger partial charge in [-0.3, -0.25) is 14.2 Å². The first-order chi connectivity index (χ1) is 34.0. The van der Waals surface area contributed by atoms with Gasteiger partial charge >= 0.3 is 11.9 Å². The predicted octanol–water partition coefficient (Wildman–Crippen LogP) is 16.8. The van der Waals surface area contributed by atoms with Crippen LogP contribution in [0, 0.1) is 0 Å². The van der Waals surface area contributed by atoms with Crippen LogP contribution < -0.4 is 4.89 Å². The molecule has 0 amide bonds. The van der Waals surface area contributed by atoms with Gasteiger partial charge in [-0.05, 0) is 89.9 Å². The van der Waals surface area contributed by atoms with Crippen molar-refractivity contribution in [3.05, 3.63) is 85.1 Å². The maximum absolute atomic E-state index is 12.8. The van der Waals surface area contributed by atoms with E-state index in [1.807, 2.05) is 21.1 Å². The zero-order valence-electron chi connectivity index (χ0n) is 45.7. The molecule has 0 spiro atoms. The molecular weight excluding hydrogens is 894 g/mol. The van der Waals surface area contributed by atoms with Crippen molar-refractivity contribution in [2.75, 3.05) is 47.5 Å². The molecule has 0 saturated carbocycles. The quantitative estimate of drug-likeness (QED) is 0.0195. The van der Waals surface area contributed by atoms with Gasteiger partial charge in [0.2, 0.25) is 0 Å². The monoisotopic (exact) mass is 1000 g/mol. The van der Waals surface area contributed by atoms with E-state index >= 15 is 0 Å². The highest BCUT2D eigenvalue weighted by Gasteiger charge is 2.21. The van der Waals surface area contributed by atoms with Crippen LogP contribution in [0.25, 0.3) is 0 Å². The molecule has 0 aliphatic heterocycles. The number of allylic oxidation sites excluding steroid dienone is 14. The molecule has 2 atom stereocenters. The van der Waals surface area contributed by atoms with E-state index in [0.29, 0.717) is 17.4 Å². The minimum Gasteiger partial charge on any atom is -0.756 e. The van der Waals surface area contributed by atoms with E-state index in [9.17, 15) is 19.0 Å². The summed E-state index contributed by atoms with van der Waals surface area (Å²) in [6, 6.07) is 0. The fourth-order valence-corrected chi connectivity index (χ4v) is 8.26. The average molecular weight is 1000 g/mol. The van der Waals surface area contributed by atoms with Crippen molar-refractivity contribution in [2.45, 2.75) is 238 Å². The van der Waals surface area contributed by atoms with Gasteiger partial charge in [0.1, 0.15) is 19.8 Å². The van der Waals surface area contributed by atoms with Gasteiger partial charge in [-0.2, -0.15) is 0 Å². The smallest absolute Gasteiger partial charge is 0.306 e. The van der Waals surface area contributed by atoms with E-state index in [-0.39, 0.29) is 32.0 Å². The first-order valence-electron chi connectivity index (χ1n) is 28.3. The van der Waals surface area contributed by atoms with E-state index in [2.05, 4.69) is 98.9 Å². The largest absolute Gasteiger partial charge is 0.756 e. The molecule has 70 heavy (non-hydrogen) atoms. The number of phosphoric ester groups is 1. The van der Waals surface area contributed by atoms with Crippen molar-refractivity contribution in [1.29, 1.82) is 0 Å². The lowest BCUT2D eigenvalue weighted by molar-refractivity contribution is -0.870. The average Bonchev–Trinajstić information content (AvgIpc) is 3.32. The number of rotatable bonds is 51. The predicted molar refractivity (Wildman–Crippen MR) is 296 cm³/mol. The molecule has 0 rings (SSSR count). The third-order valence-electron chi connectivity index (χ3n) is 11.9. The third kappa shape index (κ3) is 54.5. The van der Waals surface area contributed by atoms with Crippen molar-refractivity contribution < 1.29 is 42.1 Å². The van der Waals surface area contributed by atoms with Crippen LogP contribution in [-0.2, 0) is 32.7 Å². The fourth-order valence-electron chi connectivity index (χ4n) is 7.54. The van der Waals surface area contributed by atoms with Crippen molar-refractivity contribution in [2.24, 2.45) is 0 Å². The molecule has 0 saturated heterocycles. The minimum absolute atomic E-state index is 0.0356. The summed E-state index contributed by atoms with van der Waals surface area (Å²) in [7, 11) is 1.15. The van der Waals surface area contributed by atoms with Crippen LogP contribution in [0.2, 0.25) is 0 Å². The summed E-state index contributed by atoms with van der Waals surface area (Å²) < 4.78 is 34.1. The number of hydrogen-bond donors (Lipinski definition) is 0. The summed E-state index contributed by atoms with van der Waals surface area (Å²) in [5.74, 6) is -0.844.